The van der Waals surface area contributed by atoms with E-state index in [1.807, 2.05) is 53.4 Å². The second-order valence-corrected chi connectivity index (χ2v) is 9.18. The first kappa shape index (κ1) is 20.0. The quantitative estimate of drug-likeness (QED) is 0.417. The molecule has 0 radical (unpaired) electrons. The second-order valence-electron chi connectivity index (χ2n) is 7.23. The highest BCUT2D eigenvalue weighted by Crippen LogP contribution is 2.29. The van der Waals surface area contributed by atoms with Gasteiger partial charge in [-0.2, -0.15) is 0 Å². The fraction of sp³-hybridized carbons (Fsp3) is 0.286. The first-order valence-corrected chi connectivity index (χ1v) is 11.9. The van der Waals surface area contributed by atoms with Crippen molar-refractivity contribution in [3.8, 4) is 0 Å². The van der Waals surface area contributed by atoms with Crippen LogP contribution in [0.15, 0.2) is 59.8 Å². The van der Waals surface area contributed by atoms with E-state index in [9.17, 15) is 4.79 Å². The van der Waals surface area contributed by atoms with Crippen molar-refractivity contribution in [1.82, 2.24) is 30.1 Å². The maximum absolute atomic E-state index is 12.7. The second kappa shape index (κ2) is 9.03. The predicted molar refractivity (Wildman–Crippen MR) is 122 cm³/mol. The Kier molecular flexibility index (Phi) is 5.81. The number of carbonyl (C=O) groups is 1. The Bertz CT molecular complexity index is 1140. The Labute approximate surface area is 187 Å². The van der Waals surface area contributed by atoms with Gasteiger partial charge in [0.05, 0.1) is 22.5 Å². The number of benzene rings is 2. The Morgan fingerprint density at radius 1 is 1.00 bits per heavy atom. The summed E-state index contributed by atoms with van der Waals surface area (Å²) in [6.07, 6.45) is 0. The van der Waals surface area contributed by atoms with E-state index in [0.717, 1.165) is 29.3 Å². The van der Waals surface area contributed by atoms with E-state index in [4.69, 9.17) is 4.98 Å². The van der Waals surface area contributed by atoms with E-state index in [1.54, 1.807) is 16.0 Å². The van der Waals surface area contributed by atoms with Crippen LogP contribution in [0.4, 0.5) is 5.13 Å². The van der Waals surface area contributed by atoms with Crippen molar-refractivity contribution in [1.29, 1.82) is 0 Å². The highest BCUT2D eigenvalue weighted by molar-refractivity contribution is 7.99. The van der Waals surface area contributed by atoms with Gasteiger partial charge >= 0.3 is 0 Å². The number of thiazole rings is 1. The summed E-state index contributed by atoms with van der Waals surface area (Å²) >= 11 is 3.09. The lowest BCUT2D eigenvalue weighted by Crippen LogP contribution is -2.49. The Morgan fingerprint density at radius 2 is 1.77 bits per heavy atom. The minimum Gasteiger partial charge on any atom is -0.345 e. The molecule has 158 valence electrons. The number of carbonyl (C=O) groups excluding carboxylic acids is 1. The topological polar surface area (TPSA) is 80.0 Å². The molecule has 8 nitrogen and oxygen atoms in total. The average Bonchev–Trinajstić information content (AvgIpc) is 3.45. The van der Waals surface area contributed by atoms with Gasteiger partial charge in [0, 0.05) is 26.2 Å². The van der Waals surface area contributed by atoms with Crippen molar-refractivity contribution in [2.75, 3.05) is 36.8 Å². The number of fused-ring (bicyclic) bond motifs is 1. The van der Waals surface area contributed by atoms with E-state index in [-0.39, 0.29) is 5.91 Å². The van der Waals surface area contributed by atoms with Gasteiger partial charge in [-0.1, -0.05) is 65.6 Å². The highest BCUT2D eigenvalue weighted by Gasteiger charge is 2.23. The molecule has 0 N–H and O–H groups in total. The van der Waals surface area contributed by atoms with Crippen molar-refractivity contribution in [3.05, 3.63) is 60.2 Å². The SMILES string of the molecule is O=C(CSc1nnnn1Cc1ccccc1)N1CCN(c2nc3ccccc3s2)CC1. The van der Waals surface area contributed by atoms with Gasteiger partial charge in [0.1, 0.15) is 0 Å². The minimum atomic E-state index is 0.114. The van der Waals surface area contributed by atoms with Crippen LogP contribution in [-0.4, -0.2) is 67.9 Å². The molecule has 10 heteroatoms. The summed E-state index contributed by atoms with van der Waals surface area (Å²) in [5.41, 5.74) is 2.15. The molecule has 2 aromatic heterocycles. The van der Waals surface area contributed by atoms with Crippen LogP contribution in [0.25, 0.3) is 10.2 Å². The summed E-state index contributed by atoms with van der Waals surface area (Å²) in [6.45, 7) is 3.57. The zero-order chi connectivity index (χ0) is 21.0. The molecular weight excluding hydrogens is 430 g/mol. The van der Waals surface area contributed by atoms with Crippen molar-refractivity contribution < 1.29 is 4.79 Å². The normalized spacial score (nSPS) is 14.3. The molecule has 4 aromatic rings. The van der Waals surface area contributed by atoms with Crippen LogP contribution in [0, 0.1) is 0 Å². The lowest BCUT2D eigenvalue weighted by molar-refractivity contribution is -0.128. The fourth-order valence-electron chi connectivity index (χ4n) is 3.52. The molecule has 0 spiro atoms. The van der Waals surface area contributed by atoms with E-state index in [2.05, 4.69) is 26.5 Å². The fourth-order valence-corrected chi connectivity index (χ4v) is 5.31. The number of tetrazole rings is 1. The third-order valence-corrected chi connectivity index (χ3v) is 7.22. The Hall–Kier alpha value is -2.98. The first-order valence-electron chi connectivity index (χ1n) is 10.1. The molecule has 1 saturated heterocycles. The molecule has 1 fully saturated rings. The molecule has 0 atom stereocenters. The maximum atomic E-state index is 12.7. The van der Waals surface area contributed by atoms with Crippen LogP contribution in [-0.2, 0) is 11.3 Å². The lowest BCUT2D eigenvalue weighted by Gasteiger charge is -2.34. The molecule has 1 aliphatic heterocycles. The number of anilines is 1. The van der Waals surface area contributed by atoms with E-state index >= 15 is 0 Å². The first-order chi connectivity index (χ1) is 15.3. The number of piperazine rings is 1. The molecule has 1 aliphatic rings. The van der Waals surface area contributed by atoms with Gasteiger partial charge in [0.2, 0.25) is 11.1 Å². The summed E-state index contributed by atoms with van der Waals surface area (Å²) < 4.78 is 2.93. The Morgan fingerprint density at radius 3 is 2.58 bits per heavy atom. The van der Waals surface area contributed by atoms with E-state index in [0.29, 0.717) is 30.5 Å². The number of hydrogen-bond acceptors (Lipinski definition) is 8. The van der Waals surface area contributed by atoms with Gasteiger partial charge in [0.25, 0.3) is 0 Å². The Balaban J connectivity index is 1.14. The van der Waals surface area contributed by atoms with Gasteiger partial charge in [-0.05, 0) is 28.1 Å². The highest BCUT2D eigenvalue weighted by atomic mass is 32.2. The zero-order valence-electron chi connectivity index (χ0n) is 16.8. The van der Waals surface area contributed by atoms with Crippen LogP contribution >= 0.6 is 23.1 Å². The van der Waals surface area contributed by atoms with Crippen LogP contribution in [0.1, 0.15) is 5.56 Å². The van der Waals surface area contributed by atoms with Crippen molar-refractivity contribution in [2.24, 2.45) is 0 Å². The largest absolute Gasteiger partial charge is 0.345 e. The van der Waals surface area contributed by atoms with Gasteiger partial charge in [-0.3, -0.25) is 4.79 Å². The van der Waals surface area contributed by atoms with Crippen LogP contribution in [0.3, 0.4) is 0 Å². The molecule has 31 heavy (non-hydrogen) atoms. The van der Waals surface area contributed by atoms with Gasteiger partial charge in [-0.25, -0.2) is 9.67 Å². The molecule has 5 rings (SSSR count). The molecule has 1 amide bonds. The van der Waals surface area contributed by atoms with Gasteiger partial charge in [-0.15, -0.1) is 5.10 Å². The number of amides is 1. The third-order valence-electron chi connectivity index (χ3n) is 5.18. The summed E-state index contributed by atoms with van der Waals surface area (Å²) in [5.74, 6) is 0.444. The van der Waals surface area contributed by atoms with Gasteiger partial charge in [0.15, 0.2) is 5.13 Å². The minimum absolute atomic E-state index is 0.114. The van der Waals surface area contributed by atoms with Gasteiger partial charge < -0.3 is 9.80 Å². The number of rotatable bonds is 6. The van der Waals surface area contributed by atoms with E-state index in [1.165, 1.54) is 16.5 Å². The number of aromatic nitrogens is 5. The predicted octanol–water partition coefficient (Wildman–Crippen LogP) is 2.77. The maximum Gasteiger partial charge on any atom is 0.233 e. The monoisotopic (exact) mass is 451 g/mol. The number of nitrogens with zero attached hydrogens (tertiary/aromatic N) is 7. The summed E-state index contributed by atoms with van der Waals surface area (Å²) in [6, 6.07) is 18.2. The summed E-state index contributed by atoms with van der Waals surface area (Å²) in [7, 11) is 0. The number of thioether (sulfide) groups is 1. The molecule has 0 unspecified atom stereocenters. The van der Waals surface area contributed by atoms with Crippen LogP contribution in [0.2, 0.25) is 0 Å². The zero-order valence-corrected chi connectivity index (χ0v) is 18.4. The van der Waals surface area contributed by atoms with Crippen molar-refractivity contribution in [2.45, 2.75) is 11.7 Å². The van der Waals surface area contributed by atoms with Crippen LogP contribution in [0.5, 0.6) is 0 Å². The smallest absolute Gasteiger partial charge is 0.233 e. The van der Waals surface area contributed by atoms with Crippen LogP contribution < -0.4 is 4.90 Å². The molecule has 0 aliphatic carbocycles. The summed E-state index contributed by atoms with van der Waals surface area (Å²) in [5, 5.41) is 13.6. The van der Waals surface area contributed by atoms with Crippen molar-refractivity contribution >= 4 is 44.4 Å². The molecule has 2 aromatic carbocycles. The lowest BCUT2D eigenvalue weighted by atomic mass is 10.2. The standard InChI is InChI=1S/C21H21N7OS2/c29-19(15-30-21-23-24-25-28(21)14-16-6-2-1-3-7-16)26-10-12-27(13-11-26)20-22-17-8-4-5-9-18(17)31-20/h1-9H,10-15H2. The number of hydrogen-bond donors (Lipinski definition) is 0. The molecule has 3 heterocycles. The number of para-hydroxylation sites is 1. The third kappa shape index (κ3) is 4.54. The molecule has 0 bridgehead atoms. The van der Waals surface area contributed by atoms with E-state index < -0.39 is 0 Å². The molecular formula is C21H21N7OS2. The average molecular weight is 452 g/mol. The summed E-state index contributed by atoms with van der Waals surface area (Å²) in [4.78, 5) is 21.7. The van der Waals surface area contributed by atoms with Crippen molar-refractivity contribution in [3.63, 3.8) is 0 Å². The molecule has 0 saturated carbocycles.